The van der Waals surface area contributed by atoms with Crippen LogP contribution in [0.4, 0.5) is 4.79 Å². The summed E-state index contributed by atoms with van der Waals surface area (Å²) in [6.45, 7) is 3.39. The molecule has 3 aromatic carbocycles. The third-order valence-electron chi connectivity index (χ3n) is 6.87. The van der Waals surface area contributed by atoms with Crippen LogP contribution in [0.2, 0.25) is 0 Å². The van der Waals surface area contributed by atoms with Crippen molar-refractivity contribution in [3.05, 3.63) is 76.1 Å². The van der Waals surface area contributed by atoms with E-state index in [1.807, 2.05) is 26.0 Å². The van der Waals surface area contributed by atoms with Gasteiger partial charge in [0, 0.05) is 22.6 Å². The average Bonchev–Trinajstić information content (AvgIpc) is 3.51. The van der Waals surface area contributed by atoms with E-state index in [4.69, 9.17) is 37.9 Å². The molecule has 0 spiro atoms. The molecule has 1 atom stereocenters. The molecule has 0 amide bonds. The van der Waals surface area contributed by atoms with E-state index in [1.165, 1.54) is 21.3 Å². The number of hydrogen-bond acceptors (Lipinski definition) is 13. The first kappa shape index (κ1) is 33.7. The average molecular weight is 682 g/mol. The van der Waals surface area contributed by atoms with Crippen molar-refractivity contribution >= 4 is 27.9 Å². The van der Waals surface area contributed by atoms with E-state index in [2.05, 4.69) is 15.1 Å². The highest BCUT2D eigenvalue weighted by Gasteiger charge is 2.34. The lowest BCUT2D eigenvalue weighted by atomic mass is 10.0. The van der Waals surface area contributed by atoms with Crippen LogP contribution in [0.15, 0.2) is 73.9 Å². The van der Waals surface area contributed by atoms with Crippen molar-refractivity contribution in [2.75, 3.05) is 47.8 Å². The van der Waals surface area contributed by atoms with Crippen LogP contribution in [-0.4, -0.2) is 73.2 Å². The maximum absolute atomic E-state index is 13.0. The zero-order valence-electron chi connectivity index (χ0n) is 26.8. The van der Waals surface area contributed by atoms with Crippen LogP contribution in [0.5, 0.6) is 23.1 Å². The summed E-state index contributed by atoms with van der Waals surface area (Å²) in [7, 11) is 2.61. The second kappa shape index (κ2) is 15.3. The summed E-state index contributed by atoms with van der Waals surface area (Å²) in [6.07, 6.45) is -0.925. The predicted octanol–water partition coefficient (Wildman–Crippen LogP) is 3.34. The molecule has 5 aromatic rings. The number of ether oxygens (including phenoxy) is 6. The lowest BCUT2D eigenvalue weighted by Crippen LogP contribution is -2.42. The maximum Gasteiger partial charge on any atom is 0.508 e. The van der Waals surface area contributed by atoms with Gasteiger partial charge in [-0.25, -0.2) is 14.0 Å². The van der Waals surface area contributed by atoms with Crippen LogP contribution in [0.1, 0.15) is 11.1 Å². The van der Waals surface area contributed by atoms with E-state index >= 15 is 0 Å². The number of aryl methyl sites for hydroxylation is 2. The predicted molar refractivity (Wildman–Crippen MR) is 169 cm³/mol. The molecule has 2 aromatic heterocycles. The Labute approximate surface area is 276 Å². The normalized spacial score (nSPS) is 11.5. The first-order chi connectivity index (χ1) is 23.2. The minimum atomic E-state index is -1.71. The number of carbonyl (C=O) groups is 1. The third kappa shape index (κ3) is 7.49. The highest BCUT2D eigenvalue weighted by Crippen LogP contribution is 2.31. The molecule has 1 unspecified atom stereocenters. The van der Waals surface area contributed by atoms with Gasteiger partial charge in [-0.15, -0.1) is 0 Å². The molecule has 0 aliphatic heterocycles. The SMILES string of the molecule is COc1cc(OC)c2c(=O)[nH]c(-c3cc(C)c(OCCOC(=O)OCCOc4no[n+](OC)c4S(=O)c4ccccc4)c(C)c3)nc2c1. The van der Waals surface area contributed by atoms with Gasteiger partial charge in [-0.2, -0.15) is 0 Å². The number of nitrogens with zero attached hydrogens (tertiary/aromatic N) is 3. The molecule has 48 heavy (non-hydrogen) atoms. The van der Waals surface area contributed by atoms with E-state index in [9.17, 15) is 13.8 Å². The number of hydrogen-bond donors (Lipinski definition) is 1. The number of nitrogens with one attached hydrogen (secondary N) is 1. The molecule has 5 rings (SSSR count). The molecule has 0 aliphatic carbocycles. The molecule has 0 radical (unpaired) electrons. The van der Waals surface area contributed by atoms with Gasteiger partial charge in [-0.1, -0.05) is 18.2 Å². The Morgan fingerprint density at radius 3 is 2.25 bits per heavy atom. The van der Waals surface area contributed by atoms with E-state index < -0.39 is 17.0 Å². The molecular weight excluding hydrogens is 648 g/mol. The molecule has 0 aliphatic rings. The van der Waals surface area contributed by atoms with E-state index in [0.717, 1.165) is 16.0 Å². The first-order valence-corrected chi connectivity index (χ1v) is 15.6. The van der Waals surface area contributed by atoms with Gasteiger partial charge in [0.05, 0.1) is 19.7 Å². The lowest BCUT2D eigenvalue weighted by Gasteiger charge is -2.14. The molecule has 0 fully saturated rings. The number of aromatic amines is 1. The Balaban J connectivity index is 1.12. The quantitative estimate of drug-likeness (QED) is 0.134. The second-order valence-corrected chi connectivity index (χ2v) is 11.4. The van der Waals surface area contributed by atoms with Gasteiger partial charge >= 0.3 is 17.1 Å². The van der Waals surface area contributed by atoms with Crippen molar-refractivity contribution in [2.45, 2.75) is 23.8 Å². The van der Waals surface area contributed by atoms with Crippen molar-refractivity contribution in [3.63, 3.8) is 0 Å². The fraction of sp³-hybridized carbons (Fsp3) is 0.281. The van der Waals surface area contributed by atoms with Crippen LogP contribution >= 0.6 is 0 Å². The van der Waals surface area contributed by atoms with Crippen LogP contribution in [0.25, 0.3) is 22.3 Å². The molecule has 252 valence electrons. The number of fused-ring (bicyclic) bond motifs is 1. The number of carbonyl (C=O) groups excluding carboxylic acids is 1. The van der Waals surface area contributed by atoms with E-state index in [1.54, 1.807) is 42.5 Å². The Bertz CT molecular complexity index is 1970. The first-order valence-electron chi connectivity index (χ1n) is 14.5. The van der Waals surface area contributed by atoms with Crippen molar-refractivity contribution in [1.29, 1.82) is 0 Å². The highest BCUT2D eigenvalue weighted by molar-refractivity contribution is 7.85. The fourth-order valence-electron chi connectivity index (χ4n) is 4.75. The Morgan fingerprint density at radius 2 is 1.60 bits per heavy atom. The number of aromatic nitrogens is 4. The Hall–Kier alpha value is -5.64. The summed E-state index contributed by atoms with van der Waals surface area (Å²) < 4.78 is 50.3. The van der Waals surface area contributed by atoms with Gasteiger partial charge in [0.25, 0.3) is 5.56 Å². The summed E-state index contributed by atoms with van der Waals surface area (Å²) >= 11 is 0. The van der Waals surface area contributed by atoms with Gasteiger partial charge in [0.2, 0.25) is 5.16 Å². The topological polar surface area (TPSA) is 174 Å². The zero-order valence-corrected chi connectivity index (χ0v) is 27.6. The molecule has 1 N–H and O–H groups in total. The van der Waals surface area contributed by atoms with Crippen LogP contribution in [0, 0.1) is 13.8 Å². The van der Waals surface area contributed by atoms with Crippen LogP contribution < -0.4 is 34.2 Å². The Morgan fingerprint density at radius 1 is 0.917 bits per heavy atom. The molecular formula is C32H33N4O11S+. The smallest absolute Gasteiger partial charge is 0.497 e. The van der Waals surface area contributed by atoms with Crippen molar-refractivity contribution < 1.29 is 51.8 Å². The van der Waals surface area contributed by atoms with Crippen molar-refractivity contribution in [1.82, 2.24) is 15.1 Å². The van der Waals surface area contributed by atoms with Gasteiger partial charge in [-0.3, -0.25) is 4.79 Å². The number of benzene rings is 3. The molecule has 0 saturated heterocycles. The number of rotatable bonds is 14. The summed E-state index contributed by atoms with van der Waals surface area (Å²) in [6, 6.07) is 15.6. The monoisotopic (exact) mass is 681 g/mol. The molecule has 0 saturated carbocycles. The second-order valence-electron chi connectivity index (χ2n) is 10.0. The minimum absolute atomic E-state index is 0.0465. The van der Waals surface area contributed by atoms with Crippen molar-refractivity contribution in [2.24, 2.45) is 0 Å². The largest absolute Gasteiger partial charge is 0.508 e. The third-order valence-corrected chi connectivity index (χ3v) is 8.25. The van der Waals surface area contributed by atoms with E-state index in [-0.39, 0.29) is 42.9 Å². The van der Waals surface area contributed by atoms with Gasteiger partial charge in [0.15, 0.2) is 4.90 Å². The van der Waals surface area contributed by atoms with Crippen LogP contribution in [0.3, 0.4) is 0 Å². The summed E-state index contributed by atoms with van der Waals surface area (Å²) in [5.74, 6) is 1.76. The summed E-state index contributed by atoms with van der Waals surface area (Å²) in [5.41, 5.74) is 2.33. The fourth-order valence-corrected chi connectivity index (χ4v) is 5.88. The van der Waals surface area contributed by atoms with Crippen LogP contribution in [-0.2, 0) is 20.3 Å². The molecule has 15 nitrogen and oxygen atoms in total. The van der Waals surface area contributed by atoms with Gasteiger partial charge < -0.3 is 38.2 Å². The summed E-state index contributed by atoms with van der Waals surface area (Å²) in [5, 5.41) is 4.10. The van der Waals surface area contributed by atoms with Crippen molar-refractivity contribution in [3.8, 4) is 34.5 Å². The standard InChI is InChI=1S/C32H32N4O11S/c1-19-15-21(28-33-24-17-22(40-3)18-25(41-4)26(24)29(37)34-28)16-20(2)27(19)43-11-13-45-32(38)46-14-12-44-30-31(36(42-5)47-35-30)48(39)23-9-7-6-8-10-23/h6-10,15-18H,11-14H2,1-5H3/p+1. The van der Waals surface area contributed by atoms with Gasteiger partial charge in [0.1, 0.15) is 72.8 Å². The Kier molecular flexibility index (Phi) is 10.7. The highest BCUT2D eigenvalue weighted by atomic mass is 32.2. The number of H-pyrrole nitrogens is 1. The minimum Gasteiger partial charge on any atom is -0.497 e. The summed E-state index contributed by atoms with van der Waals surface area (Å²) in [4.78, 5) is 38.9. The number of methoxy groups -OCH3 is 2. The maximum atomic E-state index is 13.0. The zero-order chi connectivity index (χ0) is 34.2. The molecule has 0 bridgehead atoms. The molecule has 16 heteroatoms. The molecule has 2 heterocycles. The van der Waals surface area contributed by atoms with Gasteiger partial charge in [-0.05, 0) is 53.9 Å². The van der Waals surface area contributed by atoms with E-state index in [0.29, 0.717) is 44.4 Å². The lowest BCUT2D eigenvalue weighted by molar-refractivity contribution is -1.04.